The molecule has 17 heavy (non-hydrogen) atoms. The van der Waals surface area contributed by atoms with E-state index in [-0.39, 0.29) is 0 Å². The summed E-state index contributed by atoms with van der Waals surface area (Å²) in [5.41, 5.74) is 1.78. The van der Waals surface area contributed by atoms with Gasteiger partial charge in [0.25, 0.3) is 0 Å². The quantitative estimate of drug-likeness (QED) is 0.734. The first-order valence-electron chi connectivity index (χ1n) is 6.00. The third-order valence-corrected chi connectivity index (χ3v) is 2.33. The number of nitrogens with zero attached hydrogens (tertiary/aromatic N) is 1. The second-order valence-electron chi connectivity index (χ2n) is 4.41. The summed E-state index contributed by atoms with van der Waals surface area (Å²) < 4.78 is 5.46. The van der Waals surface area contributed by atoms with Gasteiger partial charge < -0.3 is 10.1 Å². The first kappa shape index (κ1) is 13.7. The van der Waals surface area contributed by atoms with Crippen LogP contribution in [0, 0.1) is 17.2 Å². The van der Waals surface area contributed by atoms with E-state index in [1.54, 1.807) is 0 Å². The van der Waals surface area contributed by atoms with Crippen molar-refractivity contribution in [2.75, 3.05) is 19.8 Å². The highest BCUT2D eigenvalue weighted by atomic mass is 16.5. The van der Waals surface area contributed by atoms with Gasteiger partial charge in [-0.1, -0.05) is 32.0 Å². The maximum atomic E-state index is 8.92. The molecule has 1 N–H and O–H groups in total. The Morgan fingerprint density at radius 2 is 2.12 bits per heavy atom. The van der Waals surface area contributed by atoms with Gasteiger partial charge in [-0.3, -0.25) is 0 Å². The van der Waals surface area contributed by atoms with E-state index >= 15 is 0 Å². The predicted octanol–water partition coefficient (Wildman–Crippen LogP) is 2.32. The average Bonchev–Trinajstić information content (AvgIpc) is 2.33. The smallest absolute Gasteiger partial charge is 0.0995 e. The van der Waals surface area contributed by atoms with E-state index in [0.717, 1.165) is 30.8 Å². The normalized spacial score (nSPS) is 10.5. The first-order valence-corrected chi connectivity index (χ1v) is 6.00. The minimum atomic E-state index is 0.578. The summed E-state index contributed by atoms with van der Waals surface area (Å²) in [7, 11) is 0. The van der Waals surface area contributed by atoms with E-state index in [1.807, 2.05) is 24.3 Å². The van der Waals surface area contributed by atoms with Crippen molar-refractivity contribution in [1.29, 1.82) is 5.26 Å². The maximum Gasteiger partial charge on any atom is 0.0995 e. The molecule has 0 saturated heterocycles. The summed E-state index contributed by atoms with van der Waals surface area (Å²) in [6.07, 6.45) is 0. The predicted molar refractivity (Wildman–Crippen MR) is 68.5 cm³/mol. The molecule has 0 unspecified atom stereocenters. The third-order valence-electron chi connectivity index (χ3n) is 2.33. The Morgan fingerprint density at radius 3 is 2.82 bits per heavy atom. The zero-order valence-corrected chi connectivity index (χ0v) is 10.6. The van der Waals surface area contributed by atoms with E-state index in [4.69, 9.17) is 10.00 Å². The van der Waals surface area contributed by atoms with Crippen molar-refractivity contribution in [1.82, 2.24) is 5.32 Å². The molecule has 0 aliphatic carbocycles. The molecule has 92 valence electrons. The molecule has 1 aromatic carbocycles. The molecule has 3 nitrogen and oxygen atoms in total. The SMILES string of the molecule is CC(C)COCCNCc1ccccc1C#N. The molecule has 0 fully saturated rings. The van der Waals surface area contributed by atoms with Gasteiger partial charge in [0.15, 0.2) is 0 Å². The molecule has 0 atom stereocenters. The van der Waals surface area contributed by atoms with Crippen molar-refractivity contribution in [2.45, 2.75) is 20.4 Å². The Kier molecular flexibility index (Phi) is 6.31. The molecule has 0 aliphatic rings. The van der Waals surface area contributed by atoms with Crippen molar-refractivity contribution in [3.8, 4) is 6.07 Å². The van der Waals surface area contributed by atoms with Crippen LogP contribution in [0.2, 0.25) is 0 Å². The number of ether oxygens (including phenoxy) is 1. The number of rotatable bonds is 7. The van der Waals surface area contributed by atoms with Gasteiger partial charge in [0.1, 0.15) is 0 Å². The molecule has 0 bridgehead atoms. The van der Waals surface area contributed by atoms with Crippen LogP contribution in [-0.4, -0.2) is 19.8 Å². The molecule has 0 amide bonds. The first-order chi connectivity index (χ1) is 8.24. The molecule has 0 aliphatic heterocycles. The summed E-state index contributed by atoms with van der Waals surface area (Å²) in [4.78, 5) is 0. The Labute approximate surface area is 103 Å². The number of hydrogen-bond acceptors (Lipinski definition) is 3. The highest BCUT2D eigenvalue weighted by Crippen LogP contribution is 2.06. The van der Waals surface area contributed by atoms with Gasteiger partial charge in [-0.15, -0.1) is 0 Å². The Morgan fingerprint density at radius 1 is 1.35 bits per heavy atom. The lowest BCUT2D eigenvalue weighted by Gasteiger charge is -2.08. The number of hydrogen-bond donors (Lipinski definition) is 1. The van der Waals surface area contributed by atoms with Crippen LogP contribution in [0.15, 0.2) is 24.3 Å². The zero-order chi connectivity index (χ0) is 12.5. The van der Waals surface area contributed by atoms with Gasteiger partial charge in [0, 0.05) is 19.7 Å². The third kappa shape index (κ3) is 5.48. The van der Waals surface area contributed by atoms with E-state index in [0.29, 0.717) is 12.5 Å². The Hall–Kier alpha value is -1.37. The zero-order valence-electron chi connectivity index (χ0n) is 10.6. The second kappa shape index (κ2) is 7.83. The molecule has 0 aromatic heterocycles. The van der Waals surface area contributed by atoms with Gasteiger partial charge in [0.05, 0.1) is 18.2 Å². The Bertz CT molecular complexity index is 369. The summed E-state index contributed by atoms with van der Waals surface area (Å²) in [6.45, 7) is 7.32. The Balaban J connectivity index is 2.20. The van der Waals surface area contributed by atoms with Crippen molar-refractivity contribution < 1.29 is 4.74 Å². The molecule has 1 rings (SSSR count). The summed E-state index contributed by atoms with van der Waals surface area (Å²) in [5, 5.41) is 12.2. The van der Waals surface area contributed by atoms with E-state index < -0.39 is 0 Å². The van der Waals surface area contributed by atoms with E-state index in [1.165, 1.54) is 0 Å². The fraction of sp³-hybridized carbons (Fsp3) is 0.500. The van der Waals surface area contributed by atoms with Crippen molar-refractivity contribution >= 4 is 0 Å². The van der Waals surface area contributed by atoms with Crippen LogP contribution in [0.5, 0.6) is 0 Å². The number of nitriles is 1. The lowest BCUT2D eigenvalue weighted by molar-refractivity contribution is 0.111. The number of benzene rings is 1. The minimum absolute atomic E-state index is 0.578. The van der Waals surface area contributed by atoms with Crippen molar-refractivity contribution in [2.24, 2.45) is 5.92 Å². The standard InChI is InChI=1S/C14H20N2O/c1-12(2)11-17-8-7-16-10-14-6-4-3-5-13(14)9-15/h3-6,12,16H,7-8,10-11H2,1-2H3. The summed E-state index contributed by atoms with van der Waals surface area (Å²) in [6, 6.07) is 9.84. The second-order valence-corrected chi connectivity index (χ2v) is 4.41. The lowest BCUT2D eigenvalue weighted by atomic mass is 10.1. The van der Waals surface area contributed by atoms with Crippen LogP contribution in [0.25, 0.3) is 0 Å². The fourth-order valence-corrected chi connectivity index (χ4v) is 1.47. The highest BCUT2D eigenvalue weighted by Gasteiger charge is 1.99. The maximum absolute atomic E-state index is 8.92. The fourth-order valence-electron chi connectivity index (χ4n) is 1.47. The van der Waals surface area contributed by atoms with Gasteiger partial charge in [-0.2, -0.15) is 5.26 Å². The van der Waals surface area contributed by atoms with Crippen LogP contribution in [0.1, 0.15) is 25.0 Å². The molecule has 0 saturated carbocycles. The van der Waals surface area contributed by atoms with Crippen molar-refractivity contribution in [3.05, 3.63) is 35.4 Å². The highest BCUT2D eigenvalue weighted by molar-refractivity contribution is 5.37. The van der Waals surface area contributed by atoms with E-state index in [2.05, 4.69) is 25.2 Å². The summed E-state index contributed by atoms with van der Waals surface area (Å²) in [5.74, 6) is 0.578. The van der Waals surface area contributed by atoms with Gasteiger partial charge in [0.2, 0.25) is 0 Å². The van der Waals surface area contributed by atoms with Crippen LogP contribution in [0.4, 0.5) is 0 Å². The summed E-state index contributed by atoms with van der Waals surface area (Å²) >= 11 is 0. The molecule has 3 heteroatoms. The molecule has 1 aromatic rings. The molecular formula is C14H20N2O. The molecular weight excluding hydrogens is 212 g/mol. The van der Waals surface area contributed by atoms with Gasteiger partial charge >= 0.3 is 0 Å². The van der Waals surface area contributed by atoms with Crippen molar-refractivity contribution in [3.63, 3.8) is 0 Å². The largest absolute Gasteiger partial charge is 0.380 e. The number of nitrogens with one attached hydrogen (secondary N) is 1. The van der Waals surface area contributed by atoms with E-state index in [9.17, 15) is 0 Å². The van der Waals surface area contributed by atoms with Crippen LogP contribution in [-0.2, 0) is 11.3 Å². The molecule has 0 heterocycles. The topological polar surface area (TPSA) is 45.0 Å². The minimum Gasteiger partial charge on any atom is -0.380 e. The van der Waals surface area contributed by atoms with Crippen LogP contribution < -0.4 is 5.32 Å². The monoisotopic (exact) mass is 232 g/mol. The molecule has 0 spiro atoms. The van der Waals surface area contributed by atoms with Crippen LogP contribution >= 0.6 is 0 Å². The molecule has 0 radical (unpaired) electrons. The lowest BCUT2D eigenvalue weighted by Crippen LogP contribution is -2.20. The van der Waals surface area contributed by atoms with Gasteiger partial charge in [-0.25, -0.2) is 0 Å². The van der Waals surface area contributed by atoms with Gasteiger partial charge in [-0.05, 0) is 17.5 Å². The van der Waals surface area contributed by atoms with Crippen LogP contribution in [0.3, 0.4) is 0 Å². The average molecular weight is 232 g/mol.